The van der Waals surface area contributed by atoms with Gasteiger partial charge in [-0.3, -0.25) is 9.69 Å². The van der Waals surface area contributed by atoms with E-state index in [4.69, 9.17) is 11.6 Å². The van der Waals surface area contributed by atoms with Gasteiger partial charge in [0, 0.05) is 33.0 Å². The van der Waals surface area contributed by atoms with Crippen LogP contribution in [0.4, 0.5) is 25.0 Å². The summed E-state index contributed by atoms with van der Waals surface area (Å²) >= 11 is 6.31. The lowest BCUT2D eigenvalue weighted by molar-refractivity contribution is 0.00693. The van der Waals surface area contributed by atoms with Gasteiger partial charge in [0.15, 0.2) is 0 Å². The van der Waals surface area contributed by atoms with Crippen molar-refractivity contribution in [3.05, 3.63) is 93.5 Å². The summed E-state index contributed by atoms with van der Waals surface area (Å²) in [5.74, 6) is -1.69. The highest BCUT2D eigenvalue weighted by molar-refractivity contribution is 6.31. The van der Waals surface area contributed by atoms with E-state index in [1.54, 1.807) is 32.0 Å². The number of carbonyl (C=O) groups excluding carboxylic acids is 2. The Hall–Kier alpha value is -3.49. The zero-order valence-corrected chi connectivity index (χ0v) is 19.7. The number of hydrogen-bond donors (Lipinski definition) is 3. The number of rotatable bonds is 3. The van der Waals surface area contributed by atoms with E-state index in [2.05, 4.69) is 10.6 Å². The first kappa shape index (κ1) is 23.3. The number of aliphatic hydroxyl groups is 1. The standard InChI is InChI=1S/C26H22ClF2N3O3/c1-13(2)26(35)12-32(21-9-7-15(29)11-18(21)26)25(34)30-20-5-3-4-16-22(20)23(31-24(16)33)17-10-14(28)6-8-19(17)27/h3-11,13,23,35H,12H2,1-2H3,(H,30,34)(H,31,33)/t23-,26-/m1/s1. The van der Waals surface area contributed by atoms with Crippen molar-refractivity contribution in [2.75, 3.05) is 16.8 Å². The van der Waals surface area contributed by atoms with Crippen molar-refractivity contribution in [1.82, 2.24) is 5.32 Å². The molecule has 0 fully saturated rings. The third-order valence-electron chi connectivity index (χ3n) is 6.74. The normalized spacial score (nSPS) is 20.6. The van der Waals surface area contributed by atoms with Gasteiger partial charge in [-0.25, -0.2) is 13.6 Å². The Morgan fingerprint density at radius 2 is 1.89 bits per heavy atom. The van der Waals surface area contributed by atoms with Crippen LogP contribution in [0.1, 0.15) is 46.9 Å². The molecular weight excluding hydrogens is 476 g/mol. The van der Waals surface area contributed by atoms with Crippen molar-refractivity contribution in [3.63, 3.8) is 0 Å². The fourth-order valence-electron chi connectivity index (χ4n) is 4.79. The minimum Gasteiger partial charge on any atom is -0.383 e. The summed E-state index contributed by atoms with van der Waals surface area (Å²) < 4.78 is 28.0. The van der Waals surface area contributed by atoms with E-state index in [1.165, 1.54) is 41.3 Å². The Morgan fingerprint density at radius 3 is 2.63 bits per heavy atom. The van der Waals surface area contributed by atoms with E-state index in [0.29, 0.717) is 33.6 Å². The molecule has 0 aliphatic carbocycles. The molecule has 3 amide bonds. The lowest BCUT2D eigenvalue weighted by atomic mass is 9.85. The molecule has 180 valence electrons. The Balaban J connectivity index is 1.53. The number of benzene rings is 3. The quantitative estimate of drug-likeness (QED) is 0.456. The first-order chi connectivity index (χ1) is 16.6. The number of nitrogens with zero attached hydrogens (tertiary/aromatic N) is 1. The van der Waals surface area contributed by atoms with Crippen molar-refractivity contribution in [2.24, 2.45) is 5.92 Å². The molecule has 0 aromatic heterocycles. The molecule has 0 radical (unpaired) electrons. The SMILES string of the molecule is CC(C)[C@]1(O)CN(C(=O)Nc2cccc3c2[C@@H](c2cc(F)ccc2Cl)NC3=O)c2ccc(F)cc21. The second-order valence-corrected chi connectivity index (χ2v) is 9.50. The van der Waals surface area contributed by atoms with Crippen molar-refractivity contribution >= 4 is 34.9 Å². The van der Waals surface area contributed by atoms with Crippen molar-refractivity contribution in [1.29, 1.82) is 0 Å². The molecule has 0 saturated carbocycles. The first-order valence-corrected chi connectivity index (χ1v) is 11.5. The van der Waals surface area contributed by atoms with E-state index in [9.17, 15) is 23.5 Å². The number of halogens is 3. The zero-order valence-electron chi connectivity index (χ0n) is 18.9. The second kappa shape index (κ2) is 8.32. The highest BCUT2D eigenvalue weighted by Crippen LogP contribution is 2.45. The summed E-state index contributed by atoms with van der Waals surface area (Å²) in [4.78, 5) is 27.4. The molecule has 3 aromatic carbocycles. The molecular formula is C26H22ClF2N3O3. The molecule has 5 rings (SSSR count). The van der Waals surface area contributed by atoms with Gasteiger partial charge in [0.25, 0.3) is 5.91 Å². The molecule has 2 heterocycles. The van der Waals surface area contributed by atoms with Crippen LogP contribution in [0.25, 0.3) is 0 Å². The van der Waals surface area contributed by atoms with Crippen LogP contribution in [0.3, 0.4) is 0 Å². The summed E-state index contributed by atoms with van der Waals surface area (Å²) in [7, 11) is 0. The van der Waals surface area contributed by atoms with E-state index >= 15 is 0 Å². The van der Waals surface area contributed by atoms with Crippen molar-refractivity contribution < 1.29 is 23.5 Å². The van der Waals surface area contributed by atoms with E-state index in [1.807, 2.05) is 0 Å². The number of nitrogens with one attached hydrogen (secondary N) is 2. The highest BCUT2D eigenvalue weighted by atomic mass is 35.5. The largest absolute Gasteiger partial charge is 0.383 e. The molecule has 0 bridgehead atoms. The number of β-amino-alcohol motifs (C(OH)–C–C–N with tert-alkyl or cyclic N) is 1. The number of anilines is 2. The third-order valence-corrected chi connectivity index (χ3v) is 7.08. The zero-order chi connectivity index (χ0) is 25.1. The minimum absolute atomic E-state index is 0.0688. The maximum Gasteiger partial charge on any atom is 0.326 e. The van der Waals surface area contributed by atoms with Gasteiger partial charge in [-0.1, -0.05) is 31.5 Å². The molecule has 2 aliphatic rings. The van der Waals surface area contributed by atoms with E-state index in [-0.39, 0.29) is 23.4 Å². The number of amides is 3. The molecule has 3 N–H and O–H groups in total. The monoisotopic (exact) mass is 497 g/mol. The lowest BCUT2D eigenvalue weighted by Crippen LogP contribution is -2.42. The maximum atomic E-state index is 14.0. The summed E-state index contributed by atoms with van der Waals surface area (Å²) in [6, 6.07) is 11.3. The van der Waals surface area contributed by atoms with Crippen LogP contribution in [0, 0.1) is 17.6 Å². The molecule has 2 aliphatic heterocycles. The number of carbonyl (C=O) groups is 2. The van der Waals surface area contributed by atoms with Crippen molar-refractivity contribution in [3.8, 4) is 0 Å². The smallest absolute Gasteiger partial charge is 0.326 e. The predicted octanol–water partition coefficient (Wildman–Crippen LogP) is 5.35. The Morgan fingerprint density at radius 1 is 1.17 bits per heavy atom. The Kier molecular flexibility index (Phi) is 5.53. The summed E-state index contributed by atoms with van der Waals surface area (Å²) in [6.45, 7) is 3.52. The van der Waals surface area contributed by atoms with Crippen LogP contribution >= 0.6 is 11.6 Å². The molecule has 9 heteroatoms. The Bertz CT molecular complexity index is 1380. The number of fused-ring (bicyclic) bond motifs is 2. The highest BCUT2D eigenvalue weighted by Gasteiger charge is 2.46. The van der Waals surface area contributed by atoms with Gasteiger partial charge >= 0.3 is 6.03 Å². The van der Waals surface area contributed by atoms with Crippen molar-refractivity contribution in [2.45, 2.75) is 25.5 Å². The van der Waals surface area contributed by atoms with Crippen LogP contribution in [0.5, 0.6) is 0 Å². The average molecular weight is 498 g/mol. The van der Waals surface area contributed by atoms with Gasteiger partial charge in [0.2, 0.25) is 0 Å². The second-order valence-electron chi connectivity index (χ2n) is 9.10. The molecule has 0 unspecified atom stereocenters. The van der Waals surface area contributed by atoms with Crippen LogP contribution in [-0.2, 0) is 5.60 Å². The van der Waals surface area contributed by atoms with E-state index in [0.717, 1.165) is 0 Å². The van der Waals surface area contributed by atoms with Crippen LogP contribution in [0.2, 0.25) is 5.02 Å². The first-order valence-electron chi connectivity index (χ1n) is 11.1. The number of hydrogen-bond acceptors (Lipinski definition) is 3. The minimum atomic E-state index is -1.43. The molecule has 0 saturated heterocycles. The fraction of sp³-hybridized carbons (Fsp3) is 0.231. The van der Waals surface area contributed by atoms with Crippen LogP contribution in [-0.4, -0.2) is 23.6 Å². The molecule has 2 atom stereocenters. The molecule has 35 heavy (non-hydrogen) atoms. The molecule has 3 aromatic rings. The summed E-state index contributed by atoms with van der Waals surface area (Å²) in [5, 5.41) is 17.2. The lowest BCUT2D eigenvalue weighted by Gasteiger charge is -2.28. The van der Waals surface area contributed by atoms with Gasteiger partial charge in [-0.15, -0.1) is 0 Å². The van der Waals surface area contributed by atoms with Crippen LogP contribution in [0.15, 0.2) is 54.6 Å². The van der Waals surface area contributed by atoms with Crippen LogP contribution < -0.4 is 15.5 Å². The molecule has 0 spiro atoms. The summed E-state index contributed by atoms with van der Waals surface area (Å²) in [5.41, 5.74) is 0.778. The topological polar surface area (TPSA) is 81.7 Å². The molecule has 6 nitrogen and oxygen atoms in total. The van der Waals surface area contributed by atoms with Gasteiger partial charge < -0.3 is 15.7 Å². The van der Waals surface area contributed by atoms with E-state index < -0.39 is 29.3 Å². The number of urea groups is 1. The van der Waals surface area contributed by atoms with Gasteiger partial charge in [0.05, 0.1) is 18.3 Å². The predicted molar refractivity (Wildman–Crippen MR) is 129 cm³/mol. The maximum absolute atomic E-state index is 14.0. The average Bonchev–Trinajstić information content (AvgIpc) is 3.31. The summed E-state index contributed by atoms with van der Waals surface area (Å²) in [6.07, 6.45) is 0. The Labute approximate surface area is 205 Å². The fourth-order valence-corrected chi connectivity index (χ4v) is 5.02. The third kappa shape index (κ3) is 3.73. The van der Waals surface area contributed by atoms with Gasteiger partial charge in [0.1, 0.15) is 17.2 Å². The van der Waals surface area contributed by atoms with Gasteiger partial charge in [-0.2, -0.15) is 0 Å². The van der Waals surface area contributed by atoms with Gasteiger partial charge in [-0.05, 0) is 54.4 Å².